The number of thiazole rings is 1. The van der Waals surface area contributed by atoms with Crippen LogP contribution < -0.4 is 11.3 Å². The first kappa shape index (κ1) is 14.4. The van der Waals surface area contributed by atoms with E-state index in [0.29, 0.717) is 11.6 Å². The van der Waals surface area contributed by atoms with Gasteiger partial charge in [-0.05, 0) is 25.8 Å². The number of ether oxygens (including phenoxy) is 1. The van der Waals surface area contributed by atoms with Crippen LogP contribution in [0.1, 0.15) is 28.3 Å². The van der Waals surface area contributed by atoms with Crippen LogP contribution in [0.15, 0.2) is 5.38 Å². The topological polar surface area (TPSA) is 80.5 Å². The summed E-state index contributed by atoms with van der Waals surface area (Å²) in [6, 6.07) is 0. The van der Waals surface area contributed by atoms with E-state index in [-0.39, 0.29) is 5.91 Å². The summed E-state index contributed by atoms with van der Waals surface area (Å²) in [5.74, 6) is 5.53. The van der Waals surface area contributed by atoms with Gasteiger partial charge in [-0.1, -0.05) is 0 Å². The van der Waals surface area contributed by atoms with E-state index in [1.165, 1.54) is 24.2 Å². The standard InChI is InChI=1S/C12H20N4O2S/c1-16(4-5-18-7-9-2-3-9)6-10-8-19-12(14-10)11(17)15-13/h8-9H,2-7,13H2,1H3,(H,15,17). The van der Waals surface area contributed by atoms with Crippen molar-refractivity contribution in [3.05, 3.63) is 16.1 Å². The number of aromatic nitrogens is 1. The third kappa shape index (κ3) is 4.87. The lowest BCUT2D eigenvalue weighted by Gasteiger charge is -2.15. The summed E-state index contributed by atoms with van der Waals surface area (Å²) in [4.78, 5) is 17.6. The molecule has 1 aliphatic rings. The predicted molar refractivity (Wildman–Crippen MR) is 73.6 cm³/mol. The largest absolute Gasteiger partial charge is 0.380 e. The highest BCUT2D eigenvalue weighted by molar-refractivity contribution is 7.11. The van der Waals surface area contributed by atoms with Gasteiger partial charge in [0, 0.05) is 25.1 Å². The van der Waals surface area contributed by atoms with E-state index in [1.807, 2.05) is 12.4 Å². The molecule has 0 atom stereocenters. The Hall–Kier alpha value is -1.02. The Labute approximate surface area is 116 Å². The minimum absolute atomic E-state index is 0.341. The molecule has 1 saturated carbocycles. The van der Waals surface area contributed by atoms with Gasteiger partial charge < -0.3 is 4.74 Å². The minimum Gasteiger partial charge on any atom is -0.380 e. The molecule has 3 N–H and O–H groups in total. The van der Waals surface area contributed by atoms with E-state index in [2.05, 4.69) is 15.3 Å². The van der Waals surface area contributed by atoms with Crippen molar-refractivity contribution in [1.82, 2.24) is 15.3 Å². The van der Waals surface area contributed by atoms with Crippen LogP contribution in [0.3, 0.4) is 0 Å². The number of nitrogens with zero attached hydrogens (tertiary/aromatic N) is 2. The third-order valence-corrected chi connectivity index (χ3v) is 3.87. The van der Waals surface area contributed by atoms with Gasteiger partial charge in [-0.25, -0.2) is 10.8 Å². The SMILES string of the molecule is CN(CCOCC1CC1)Cc1csc(C(=O)NN)n1. The van der Waals surface area contributed by atoms with Crippen molar-refractivity contribution in [2.75, 3.05) is 26.8 Å². The van der Waals surface area contributed by atoms with E-state index in [0.717, 1.165) is 31.4 Å². The molecule has 6 nitrogen and oxygen atoms in total. The number of carbonyl (C=O) groups is 1. The van der Waals surface area contributed by atoms with E-state index in [4.69, 9.17) is 10.6 Å². The van der Waals surface area contributed by atoms with Crippen LogP contribution in [0.4, 0.5) is 0 Å². The summed E-state index contributed by atoms with van der Waals surface area (Å²) in [5.41, 5.74) is 2.96. The fraction of sp³-hybridized carbons (Fsp3) is 0.667. The fourth-order valence-electron chi connectivity index (χ4n) is 1.66. The summed E-state index contributed by atoms with van der Waals surface area (Å²) in [5, 5.41) is 2.28. The molecule has 1 aliphatic carbocycles. The smallest absolute Gasteiger partial charge is 0.294 e. The van der Waals surface area contributed by atoms with Gasteiger partial charge >= 0.3 is 0 Å². The highest BCUT2D eigenvalue weighted by Crippen LogP contribution is 2.28. The number of hydrogen-bond acceptors (Lipinski definition) is 6. The molecule has 2 rings (SSSR count). The number of nitrogens with two attached hydrogens (primary N) is 1. The summed E-state index contributed by atoms with van der Waals surface area (Å²) in [6.07, 6.45) is 2.64. The van der Waals surface area contributed by atoms with Crippen molar-refractivity contribution in [3.8, 4) is 0 Å². The molecule has 0 radical (unpaired) electrons. The number of hydrazine groups is 1. The molecule has 1 aromatic rings. The highest BCUT2D eigenvalue weighted by atomic mass is 32.1. The molecule has 0 aliphatic heterocycles. The van der Waals surface area contributed by atoms with E-state index in [9.17, 15) is 4.79 Å². The van der Waals surface area contributed by atoms with Crippen LogP contribution in [-0.4, -0.2) is 42.6 Å². The maximum Gasteiger partial charge on any atom is 0.294 e. The Kier molecular flexibility index (Phi) is 5.26. The van der Waals surface area contributed by atoms with Crippen LogP contribution in [0.5, 0.6) is 0 Å². The van der Waals surface area contributed by atoms with Gasteiger partial charge in [0.15, 0.2) is 5.01 Å². The number of likely N-dealkylation sites (N-methyl/N-ethyl adjacent to an activating group) is 1. The molecule has 0 spiro atoms. The van der Waals surface area contributed by atoms with Crippen molar-refractivity contribution in [2.45, 2.75) is 19.4 Å². The number of carbonyl (C=O) groups excluding carboxylic acids is 1. The molecule has 0 unspecified atom stereocenters. The number of hydrogen-bond donors (Lipinski definition) is 2. The van der Waals surface area contributed by atoms with Gasteiger partial charge in [-0.3, -0.25) is 15.1 Å². The molecule has 106 valence electrons. The Bertz CT molecular complexity index is 420. The molecule has 1 amide bonds. The van der Waals surface area contributed by atoms with Crippen molar-refractivity contribution in [3.63, 3.8) is 0 Å². The van der Waals surface area contributed by atoms with Gasteiger partial charge in [0.25, 0.3) is 5.91 Å². The molecular weight excluding hydrogens is 264 g/mol. The van der Waals surface area contributed by atoms with Crippen LogP contribution >= 0.6 is 11.3 Å². The van der Waals surface area contributed by atoms with Crippen LogP contribution in [-0.2, 0) is 11.3 Å². The second-order valence-electron chi connectivity index (χ2n) is 4.87. The van der Waals surface area contributed by atoms with Crippen molar-refractivity contribution < 1.29 is 9.53 Å². The Morgan fingerprint density at radius 1 is 1.68 bits per heavy atom. The highest BCUT2D eigenvalue weighted by Gasteiger charge is 2.21. The van der Waals surface area contributed by atoms with Crippen molar-refractivity contribution >= 4 is 17.2 Å². The molecule has 1 fully saturated rings. The van der Waals surface area contributed by atoms with Gasteiger partial charge in [-0.15, -0.1) is 11.3 Å². The second kappa shape index (κ2) is 6.95. The Balaban J connectivity index is 1.67. The van der Waals surface area contributed by atoms with E-state index in [1.54, 1.807) is 0 Å². The lowest BCUT2D eigenvalue weighted by atomic mass is 10.4. The maximum atomic E-state index is 11.3. The van der Waals surface area contributed by atoms with Crippen LogP contribution in [0.2, 0.25) is 0 Å². The molecule has 1 heterocycles. The molecule has 19 heavy (non-hydrogen) atoms. The number of nitrogen functional groups attached to an aromatic ring is 1. The summed E-state index contributed by atoms with van der Waals surface area (Å²) < 4.78 is 5.59. The lowest BCUT2D eigenvalue weighted by Crippen LogP contribution is -2.30. The second-order valence-corrected chi connectivity index (χ2v) is 5.73. The monoisotopic (exact) mass is 284 g/mol. The average molecular weight is 284 g/mol. The Morgan fingerprint density at radius 3 is 3.16 bits per heavy atom. The zero-order valence-electron chi connectivity index (χ0n) is 11.1. The number of rotatable bonds is 8. The summed E-state index contributed by atoms with van der Waals surface area (Å²) in [6.45, 7) is 3.21. The fourth-order valence-corrected chi connectivity index (χ4v) is 2.37. The van der Waals surface area contributed by atoms with Crippen LogP contribution in [0, 0.1) is 5.92 Å². The molecule has 0 bridgehead atoms. The number of nitrogens with one attached hydrogen (secondary N) is 1. The Morgan fingerprint density at radius 2 is 2.47 bits per heavy atom. The average Bonchev–Trinajstić information content (AvgIpc) is 3.12. The van der Waals surface area contributed by atoms with Crippen LogP contribution in [0.25, 0.3) is 0 Å². The first-order chi connectivity index (χ1) is 9.19. The molecular formula is C12H20N4O2S. The maximum absolute atomic E-state index is 11.3. The third-order valence-electron chi connectivity index (χ3n) is 2.98. The quantitative estimate of drug-likeness (QED) is 0.316. The predicted octanol–water partition coefficient (Wildman–Crippen LogP) is 0.605. The summed E-state index contributed by atoms with van der Waals surface area (Å²) in [7, 11) is 2.02. The van der Waals surface area contributed by atoms with Gasteiger partial charge in [0.2, 0.25) is 0 Å². The number of amides is 1. The van der Waals surface area contributed by atoms with Gasteiger partial charge in [0.1, 0.15) is 0 Å². The lowest BCUT2D eigenvalue weighted by molar-refractivity contribution is 0.0951. The summed E-state index contributed by atoms with van der Waals surface area (Å²) >= 11 is 1.30. The normalized spacial score (nSPS) is 14.9. The molecule has 0 aromatic carbocycles. The first-order valence-corrected chi connectivity index (χ1v) is 7.28. The van der Waals surface area contributed by atoms with Crippen molar-refractivity contribution in [1.29, 1.82) is 0 Å². The van der Waals surface area contributed by atoms with Gasteiger partial charge in [-0.2, -0.15) is 0 Å². The van der Waals surface area contributed by atoms with E-state index >= 15 is 0 Å². The minimum atomic E-state index is -0.341. The molecule has 0 saturated heterocycles. The zero-order chi connectivity index (χ0) is 13.7. The first-order valence-electron chi connectivity index (χ1n) is 6.40. The zero-order valence-corrected chi connectivity index (χ0v) is 11.9. The molecule has 7 heteroatoms. The van der Waals surface area contributed by atoms with E-state index < -0.39 is 0 Å². The van der Waals surface area contributed by atoms with Crippen molar-refractivity contribution in [2.24, 2.45) is 11.8 Å². The van der Waals surface area contributed by atoms with Gasteiger partial charge in [0.05, 0.1) is 12.3 Å². The molecule has 1 aromatic heterocycles.